The van der Waals surface area contributed by atoms with Crippen LogP contribution in [0.25, 0.3) is 0 Å². The molecule has 1 aromatic rings. The number of rotatable bonds is 7. The standard InChI is InChI=1S/C13H17N3O5/c1-3-19-12(17)10(13(18)20-4-2)11(14)16-15-8-9-6-5-7-21-9/h5-8,17H,3-4H2,1-2H3,(H2,14,16)/b12-10+,15-8+. The van der Waals surface area contributed by atoms with E-state index in [1.54, 1.807) is 26.0 Å². The van der Waals surface area contributed by atoms with Crippen LogP contribution in [-0.4, -0.2) is 36.3 Å². The smallest absolute Gasteiger partial charge is 0.349 e. The van der Waals surface area contributed by atoms with Gasteiger partial charge in [0, 0.05) is 0 Å². The molecule has 1 aromatic heterocycles. The fraction of sp³-hybridized carbons (Fsp3) is 0.308. The topological polar surface area (TPSA) is 120 Å². The highest BCUT2D eigenvalue weighted by Crippen LogP contribution is 2.07. The average Bonchev–Trinajstić information content (AvgIpc) is 2.92. The quantitative estimate of drug-likeness (QED) is 0.195. The molecule has 0 saturated heterocycles. The Hall–Kier alpha value is -2.77. The Balaban J connectivity index is 2.96. The zero-order valence-corrected chi connectivity index (χ0v) is 11.8. The largest absolute Gasteiger partial charge is 0.480 e. The highest BCUT2D eigenvalue weighted by Gasteiger charge is 2.22. The second-order valence-corrected chi connectivity index (χ2v) is 3.58. The van der Waals surface area contributed by atoms with Crippen molar-refractivity contribution in [3.63, 3.8) is 0 Å². The van der Waals surface area contributed by atoms with Gasteiger partial charge in [-0.1, -0.05) is 0 Å². The van der Waals surface area contributed by atoms with Gasteiger partial charge >= 0.3 is 5.97 Å². The van der Waals surface area contributed by atoms with Crippen LogP contribution in [0.5, 0.6) is 0 Å². The summed E-state index contributed by atoms with van der Waals surface area (Å²) in [7, 11) is 0. The summed E-state index contributed by atoms with van der Waals surface area (Å²) >= 11 is 0. The lowest BCUT2D eigenvalue weighted by atomic mass is 10.2. The minimum absolute atomic E-state index is 0.116. The van der Waals surface area contributed by atoms with E-state index in [1.807, 2.05) is 0 Å². The third-order valence-electron chi connectivity index (χ3n) is 2.12. The van der Waals surface area contributed by atoms with E-state index in [1.165, 1.54) is 12.5 Å². The first-order chi connectivity index (χ1) is 10.1. The number of hydrogen-bond donors (Lipinski definition) is 2. The number of amidine groups is 1. The van der Waals surface area contributed by atoms with Gasteiger partial charge in [0.15, 0.2) is 11.4 Å². The van der Waals surface area contributed by atoms with E-state index in [0.717, 1.165) is 0 Å². The number of ether oxygens (including phenoxy) is 2. The van der Waals surface area contributed by atoms with Crippen molar-refractivity contribution < 1.29 is 23.8 Å². The fourth-order valence-electron chi connectivity index (χ4n) is 1.28. The van der Waals surface area contributed by atoms with Crippen molar-refractivity contribution in [2.45, 2.75) is 13.8 Å². The van der Waals surface area contributed by atoms with E-state index in [9.17, 15) is 9.90 Å². The molecule has 21 heavy (non-hydrogen) atoms. The maximum atomic E-state index is 11.7. The second kappa shape index (κ2) is 8.41. The normalized spacial score (nSPS) is 13.1. The molecule has 0 radical (unpaired) electrons. The predicted molar refractivity (Wildman–Crippen MR) is 75.8 cm³/mol. The van der Waals surface area contributed by atoms with Gasteiger partial charge in [0.05, 0.1) is 25.7 Å². The first-order valence-corrected chi connectivity index (χ1v) is 6.23. The third kappa shape index (κ3) is 5.01. The summed E-state index contributed by atoms with van der Waals surface area (Å²) in [6, 6.07) is 3.34. The molecule has 0 aliphatic rings. The molecule has 0 saturated carbocycles. The molecule has 0 aliphatic heterocycles. The lowest BCUT2D eigenvalue weighted by Gasteiger charge is -2.08. The van der Waals surface area contributed by atoms with Crippen LogP contribution in [0, 0.1) is 0 Å². The third-order valence-corrected chi connectivity index (χ3v) is 2.12. The summed E-state index contributed by atoms with van der Waals surface area (Å²) < 4.78 is 14.6. The molecule has 0 amide bonds. The van der Waals surface area contributed by atoms with E-state index in [4.69, 9.17) is 19.6 Å². The SMILES string of the molecule is CCOC(=O)C(/C(N)=N\N=C\c1ccco1)=C(\O)OCC. The van der Waals surface area contributed by atoms with Gasteiger partial charge in [-0.05, 0) is 26.0 Å². The number of carbonyl (C=O) groups excluding carboxylic acids is 1. The van der Waals surface area contributed by atoms with Crippen molar-refractivity contribution in [1.29, 1.82) is 0 Å². The average molecular weight is 295 g/mol. The fourth-order valence-corrected chi connectivity index (χ4v) is 1.28. The Morgan fingerprint density at radius 1 is 1.43 bits per heavy atom. The summed E-state index contributed by atoms with van der Waals surface area (Å²) in [4.78, 5) is 11.7. The highest BCUT2D eigenvalue weighted by molar-refractivity contribution is 6.18. The zero-order valence-electron chi connectivity index (χ0n) is 11.8. The Morgan fingerprint density at radius 2 is 2.14 bits per heavy atom. The van der Waals surface area contributed by atoms with E-state index < -0.39 is 11.9 Å². The molecule has 1 rings (SSSR count). The van der Waals surface area contributed by atoms with Gasteiger partial charge in [-0.15, -0.1) is 5.10 Å². The van der Waals surface area contributed by atoms with Gasteiger partial charge in [0.1, 0.15) is 5.76 Å². The summed E-state index contributed by atoms with van der Waals surface area (Å²) in [5.41, 5.74) is 5.25. The second-order valence-electron chi connectivity index (χ2n) is 3.58. The first kappa shape index (κ1) is 16.3. The maximum Gasteiger partial charge on any atom is 0.349 e. The van der Waals surface area contributed by atoms with Gasteiger partial charge in [0.25, 0.3) is 5.95 Å². The van der Waals surface area contributed by atoms with Crippen molar-refractivity contribution in [3.8, 4) is 0 Å². The lowest BCUT2D eigenvalue weighted by Crippen LogP contribution is -2.25. The summed E-state index contributed by atoms with van der Waals surface area (Å²) in [5, 5.41) is 17.0. The molecule has 1 heterocycles. The summed E-state index contributed by atoms with van der Waals surface area (Å²) in [6.07, 6.45) is 2.77. The van der Waals surface area contributed by atoms with Crippen molar-refractivity contribution in [1.82, 2.24) is 0 Å². The Bertz CT molecular complexity index is 546. The monoisotopic (exact) mass is 295 g/mol. The van der Waals surface area contributed by atoms with Crippen LogP contribution < -0.4 is 5.73 Å². The molecule has 0 aromatic carbocycles. The number of esters is 1. The van der Waals surface area contributed by atoms with Gasteiger partial charge in [-0.25, -0.2) is 4.79 Å². The van der Waals surface area contributed by atoms with Crippen LogP contribution in [0.1, 0.15) is 19.6 Å². The molecular formula is C13H17N3O5. The minimum Gasteiger partial charge on any atom is -0.480 e. The number of aliphatic hydroxyl groups excluding tert-OH is 1. The molecule has 3 N–H and O–H groups in total. The van der Waals surface area contributed by atoms with Gasteiger partial charge in [-0.3, -0.25) is 0 Å². The molecule has 114 valence electrons. The molecular weight excluding hydrogens is 278 g/mol. The Morgan fingerprint density at radius 3 is 2.71 bits per heavy atom. The van der Waals surface area contributed by atoms with Crippen molar-refractivity contribution in [2.24, 2.45) is 15.9 Å². The molecule has 0 spiro atoms. The first-order valence-electron chi connectivity index (χ1n) is 6.23. The summed E-state index contributed by atoms with van der Waals surface area (Å²) in [6.45, 7) is 3.53. The number of nitrogens with zero attached hydrogens (tertiary/aromatic N) is 2. The van der Waals surface area contributed by atoms with E-state index >= 15 is 0 Å². The van der Waals surface area contributed by atoms with Crippen LogP contribution in [-0.2, 0) is 14.3 Å². The van der Waals surface area contributed by atoms with E-state index in [0.29, 0.717) is 5.76 Å². The minimum atomic E-state index is -0.849. The molecule has 0 aliphatic carbocycles. The number of hydrogen-bond acceptors (Lipinski definition) is 7. The predicted octanol–water partition coefficient (Wildman–Crippen LogP) is 1.34. The number of nitrogens with two attached hydrogens (primary N) is 1. The van der Waals surface area contributed by atoms with Crippen LogP contribution in [0.15, 0.2) is 44.5 Å². The van der Waals surface area contributed by atoms with E-state index in [2.05, 4.69) is 10.2 Å². The molecule has 8 heteroatoms. The number of aliphatic hydroxyl groups is 1. The van der Waals surface area contributed by atoms with Crippen LogP contribution in [0.3, 0.4) is 0 Å². The molecule has 0 bridgehead atoms. The zero-order chi connectivity index (χ0) is 15.7. The van der Waals surface area contributed by atoms with Gasteiger partial charge in [-0.2, -0.15) is 5.10 Å². The number of carbonyl (C=O) groups is 1. The van der Waals surface area contributed by atoms with Crippen molar-refractivity contribution >= 4 is 18.0 Å². The highest BCUT2D eigenvalue weighted by atomic mass is 16.6. The molecule has 8 nitrogen and oxygen atoms in total. The molecule has 0 fully saturated rings. The van der Waals surface area contributed by atoms with Crippen LogP contribution >= 0.6 is 0 Å². The maximum absolute atomic E-state index is 11.7. The Kier molecular flexibility index (Phi) is 6.52. The molecule has 0 atom stereocenters. The van der Waals surface area contributed by atoms with E-state index in [-0.39, 0.29) is 24.6 Å². The lowest BCUT2D eigenvalue weighted by molar-refractivity contribution is -0.138. The molecule has 0 unspecified atom stereocenters. The summed E-state index contributed by atoms with van der Waals surface area (Å²) in [5.74, 6) is -1.38. The van der Waals surface area contributed by atoms with Gasteiger partial charge in [0.2, 0.25) is 0 Å². The number of furan rings is 1. The van der Waals surface area contributed by atoms with Gasteiger partial charge < -0.3 is 24.7 Å². The Labute approximate surface area is 121 Å². The van der Waals surface area contributed by atoms with Crippen molar-refractivity contribution in [2.75, 3.05) is 13.2 Å². The van der Waals surface area contributed by atoms with Crippen LogP contribution in [0.4, 0.5) is 0 Å². The van der Waals surface area contributed by atoms with Crippen LogP contribution in [0.2, 0.25) is 0 Å². The van der Waals surface area contributed by atoms with Crippen molar-refractivity contribution in [3.05, 3.63) is 35.7 Å².